The molecular weight excluding hydrogens is 490 g/mol. The molecular formula is C19H19N5O6S3. The summed E-state index contributed by atoms with van der Waals surface area (Å²) in [5, 5.41) is 9.88. The van der Waals surface area contributed by atoms with E-state index < -0.39 is 26.0 Å². The van der Waals surface area contributed by atoms with E-state index in [1.807, 2.05) is 0 Å². The number of carbonyl (C=O) groups excluding carboxylic acids is 1. The van der Waals surface area contributed by atoms with Crippen molar-refractivity contribution in [1.82, 2.24) is 14.5 Å². The molecule has 1 saturated heterocycles. The average Bonchev–Trinajstić information content (AvgIpc) is 3.30. The molecule has 1 aliphatic heterocycles. The van der Waals surface area contributed by atoms with Gasteiger partial charge < -0.3 is 4.74 Å². The summed E-state index contributed by atoms with van der Waals surface area (Å²) in [6, 6.07) is 13.7. The topological polar surface area (TPSA) is 148 Å². The molecule has 0 radical (unpaired) electrons. The van der Waals surface area contributed by atoms with Crippen molar-refractivity contribution in [3.63, 3.8) is 0 Å². The summed E-state index contributed by atoms with van der Waals surface area (Å²) < 4.78 is 59.1. The zero-order chi connectivity index (χ0) is 23.5. The van der Waals surface area contributed by atoms with Crippen LogP contribution in [0.25, 0.3) is 0 Å². The highest BCUT2D eigenvalue weighted by Crippen LogP contribution is 2.24. The minimum Gasteiger partial charge on any atom is -0.379 e. The first-order valence-electron chi connectivity index (χ1n) is 9.66. The summed E-state index contributed by atoms with van der Waals surface area (Å²) in [5.41, 5.74) is 0.545. The van der Waals surface area contributed by atoms with Crippen LogP contribution in [-0.4, -0.2) is 63.5 Å². The van der Waals surface area contributed by atoms with Gasteiger partial charge in [-0.05, 0) is 36.4 Å². The lowest BCUT2D eigenvalue weighted by atomic mass is 10.2. The maximum atomic E-state index is 12.7. The Labute approximate surface area is 194 Å². The summed E-state index contributed by atoms with van der Waals surface area (Å²) in [6.45, 7) is 1.17. The summed E-state index contributed by atoms with van der Waals surface area (Å²) in [7, 11) is -7.78. The van der Waals surface area contributed by atoms with Gasteiger partial charge in [0.1, 0.15) is 0 Å². The summed E-state index contributed by atoms with van der Waals surface area (Å²) in [6.07, 6.45) is 0. The molecule has 14 heteroatoms. The molecule has 0 bridgehead atoms. The third-order valence-electron chi connectivity index (χ3n) is 4.61. The van der Waals surface area contributed by atoms with Gasteiger partial charge in [-0.2, -0.15) is 12.7 Å². The molecule has 11 nitrogen and oxygen atoms in total. The quantitative estimate of drug-likeness (QED) is 0.457. The first-order valence-corrected chi connectivity index (χ1v) is 13.4. The molecule has 2 aromatic carbocycles. The summed E-state index contributed by atoms with van der Waals surface area (Å²) in [5.74, 6) is -0.444. The molecule has 3 aromatic rings. The van der Waals surface area contributed by atoms with Crippen LogP contribution in [0.2, 0.25) is 0 Å². The molecule has 2 N–H and O–H groups in total. The van der Waals surface area contributed by atoms with Crippen LogP contribution in [-0.2, 0) is 24.8 Å². The van der Waals surface area contributed by atoms with Gasteiger partial charge in [-0.1, -0.05) is 29.5 Å². The molecule has 0 unspecified atom stereocenters. The summed E-state index contributed by atoms with van der Waals surface area (Å²) in [4.78, 5) is 12.2. The fraction of sp³-hybridized carbons (Fsp3) is 0.211. The Hall–Kier alpha value is -2.91. The predicted molar refractivity (Wildman–Crippen MR) is 121 cm³/mol. The van der Waals surface area contributed by atoms with E-state index in [0.29, 0.717) is 30.1 Å². The van der Waals surface area contributed by atoms with E-state index in [-0.39, 0.29) is 33.1 Å². The standard InChI is InChI=1S/C19H19N5O6S3/c25-17(14-4-2-1-3-5-14)20-18-21-22-19(31-18)32(26,27)23-15-6-8-16(9-7-15)33(28,29)24-10-12-30-13-11-24/h1-9,23H,10-13H2,(H,20,21,25). The van der Waals surface area contributed by atoms with Gasteiger partial charge >= 0.3 is 0 Å². The van der Waals surface area contributed by atoms with Gasteiger partial charge in [0.05, 0.1) is 18.1 Å². The molecule has 1 aromatic heterocycles. The Balaban J connectivity index is 1.44. The Morgan fingerprint density at radius 1 is 0.939 bits per heavy atom. The Kier molecular flexibility index (Phi) is 6.71. The maximum Gasteiger partial charge on any atom is 0.291 e. The number of morpholine rings is 1. The molecule has 0 saturated carbocycles. The second kappa shape index (κ2) is 9.52. The zero-order valence-electron chi connectivity index (χ0n) is 17.0. The van der Waals surface area contributed by atoms with E-state index in [2.05, 4.69) is 20.2 Å². The number of rotatable bonds is 7. The maximum absolute atomic E-state index is 12.7. The lowest BCUT2D eigenvalue weighted by molar-refractivity contribution is 0.0730. The number of benzene rings is 2. The van der Waals surface area contributed by atoms with Gasteiger partial charge in [-0.3, -0.25) is 14.8 Å². The number of carbonyl (C=O) groups is 1. The van der Waals surface area contributed by atoms with Gasteiger partial charge in [0, 0.05) is 24.3 Å². The van der Waals surface area contributed by atoms with Gasteiger partial charge in [0.2, 0.25) is 15.2 Å². The van der Waals surface area contributed by atoms with Crippen LogP contribution >= 0.6 is 11.3 Å². The molecule has 0 spiro atoms. The first-order chi connectivity index (χ1) is 15.8. The normalized spacial score (nSPS) is 15.2. The predicted octanol–water partition coefficient (Wildman–Crippen LogP) is 1.61. The number of nitrogens with zero attached hydrogens (tertiary/aromatic N) is 3. The van der Waals surface area contributed by atoms with Crippen molar-refractivity contribution in [2.45, 2.75) is 9.24 Å². The highest BCUT2D eigenvalue weighted by Gasteiger charge is 2.27. The number of hydrogen-bond donors (Lipinski definition) is 2. The number of ether oxygens (including phenoxy) is 1. The van der Waals surface area contributed by atoms with E-state index in [4.69, 9.17) is 4.74 Å². The van der Waals surface area contributed by atoms with Crippen LogP contribution in [0.3, 0.4) is 0 Å². The monoisotopic (exact) mass is 509 g/mol. The number of anilines is 2. The Morgan fingerprint density at radius 3 is 2.27 bits per heavy atom. The van der Waals surface area contributed by atoms with Crippen LogP contribution in [0, 0.1) is 0 Å². The van der Waals surface area contributed by atoms with Crippen LogP contribution < -0.4 is 10.0 Å². The Morgan fingerprint density at radius 2 is 1.61 bits per heavy atom. The zero-order valence-corrected chi connectivity index (χ0v) is 19.5. The van der Waals surface area contributed by atoms with Gasteiger partial charge in [0.15, 0.2) is 0 Å². The lowest BCUT2D eigenvalue weighted by Gasteiger charge is -2.26. The molecule has 0 atom stereocenters. The highest BCUT2D eigenvalue weighted by molar-refractivity contribution is 7.94. The molecule has 1 fully saturated rings. The molecule has 1 aliphatic rings. The van der Waals surface area contributed by atoms with Crippen molar-refractivity contribution < 1.29 is 26.4 Å². The van der Waals surface area contributed by atoms with Crippen molar-refractivity contribution in [2.24, 2.45) is 0 Å². The molecule has 4 rings (SSSR count). The van der Waals surface area contributed by atoms with E-state index in [1.165, 1.54) is 28.6 Å². The van der Waals surface area contributed by atoms with E-state index in [0.717, 1.165) is 0 Å². The molecule has 2 heterocycles. The minimum absolute atomic E-state index is 0.0242. The van der Waals surface area contributed by atoms with E-state index in [9.17, 15) is 21.6 Å². The van der Waals surface area contributed by atoms with Crippen LogP contribution in [0.1, 0.15) is 10.4 Å². The molecule has 1 amide bonds. The number of amides is 1. The third kappa shape index (κ3) is 5.36. The minimum atomic E-state index is -4.09. The third-order valence-corrected chi connectivity index (χ3v) is 9.11. The number of nitrogens with one attached hydrogen (secondary N) is 2. The van der Waals surface area contributed by atoms with Gasteiger partial charge in [-0.15, -0.1) is 10.2 Å². The fourth-order valence-corrected chi connectivity index (χ4v) is 6.32. The molecule has 33 heavy (non-hydrogen) atoms. The van der Waals surface area contributed by atoms with E-state index in [1.54, 1.807) is 30.3 Å². The first kappa shape index (κ1) is 23.3. The van der Waals surface area contributed by atoms with Crippen LogP contribution in [0.15, 0.2) is 63.8 Å². The fourth-order valence-electron chi connectivity index (χ4n) is 2.96. The number of hydrogen-bond acceptors (Lipinski definition) is 9. The van der Waals surface area contributed by atoms with E-state index >= 15 is 0 Å². The smallest absolute Gasteiger partial charge is 0.291 e. The number of aromatic nitrogens is 2. The van der Waals surface area contributed by atoms with Crippen molar-refractivity contribution in [3.05, 3.63) is 60.2 Å². The second-order valence-electron chi connectivity index (χ2n) is 6.84. The van der Waals surface area contributed by atoms with Crippen LogP contribution in [0.4, 0.5) is 10.8 Å². The molecule has 174 valence electrons. The largest absolute Gasteiger partial charge is 0.379 e. The SMILES string of the molecule is O=C(Nc1nnc(S(=O)(=O)Nc2ccc(S(=O)(=O)N3CCOCC3)cc2)s1)c1ccccc1. The average molecular weight is 510 g/mol. The van der Waals surface area contributed by atoms with Crippen molar-refractivity contribution >= 4 is 48.1 Å². The van der Waals surface area contributed by atoms with Crippen molar-refractivity contribution in [2.75, 3.05) is 36.3 Å². The van der Waals surface area contributed by atoms with Crippen molar-refractivity contribution in [1.29, 1.82) is 0 Å². The highest BCUT2D eigenvalue weighted by atomic mass is 32.2. The van der Waals surface area contributed by atoms with Gasteiger partial charge in [-0.25, -0.2) is 8.42 Å². The van der Waals surface area contributed by atoms with Crippen molar-refractivity contribution in [3.8, 4) is 0 Å². The second-order valence-corrected chi connectivity index (χ2v) is 11.6. The van der Waals surface area contributed by atoms with Crippen LogP contribution in [0.5, 0.6) is 0 Å². The van der Waals surface area contributed by atoms with Gasteiger partial charge in [0.25, 0.3) is 20.3 Å². The number of sulfonamides is 2. The lowest BCUT2D eigenvalue weighted by Crippen LogP contribution is -2.40. The summed E-state index contributed by atoms with van der Waals surface area (Å²) >= 11 is 0.689. The molecule has 0 aliphatic carbocycles. The Bertz CT molecular complexity index is 1340.